The van der Waals surface area contributed by atoms with E-state index in [9.17, 15) is 18.0 Å². The minimum absolute atomic E-state index is 0.162. The Labute approximate surface area is 171 Å². The van der Waals surface area contributed by atoms with Gasteiger partial charge in [-0.1, -0.05) is 30.2 Å². The van der Waals surface area contributed by atoms with E-state index < -0.39 is 6.36 Å². The van der Waals surface area contributed by atoms with E-state index in [2.05, 4.69) is 25.9 Å². The Balaban J connectivity index is 1.57. The van der Waals surface area contributed by atoms with Crippen LogP contribution >= 0.6 is 11.8 Å². The van der Waals surface area contributed by atoms with Gasteiger partial charge in [0.25, 0.3) is 0 Å². The van der Waals surface area contributed by atoms with E-state index in [0.717, 1.165) is 42.6 Å². The summed E-state index contributed by atoms with van der Waals surface area (Å²) in [5.74, 6) is 3.07. The molecule has 0 aromatic heterocycles. The minimum Gasteiger partial charge on any atom is -0.405 e. The van der Waals surface area contributed by atoms with Crippen LogP contribution in [0.15, 0.2) is 40.2 Å². The monoisotopic (exact) mass is 423 g/mol. The predicted octanol–water partition coefficient (Wildman–Crippen LogP) is 4.17. The van der Waals surface area contributed by atoms with Gasteiger partial charge in [-0.25, -0.2) is 0 Å². The number of hydrogen-bond donors (Lipinski definition) is 1. The lowest BCUT2D eigenvalue weighted by Crippen LogP contribution is -2.33. The molecule has 0 aliphatic carbocycles. The molecule has 0 unspecified atom stereocenters. The van der Waals surface area contributed by atoms with E-state index in [0.29, 0.717) is 24.5 Å². The molecular weight excluding hydrogens is 403 g/mol. The predicted molar refractivity (Wildman–Crippen MR) is 106 cm³/mol. The van der Waals surface area contributed by atoms with Crippen LogP contribution in [0.1, 0.15) is 18.4 Å². The van der Waals surface area contributed by atoms with Crippen LogP contribution in [0.3, 0.4) is 0 Å². The number of piperidine rings is 1. The summed E-state index contributed by atoms with van der Waals surface area (Å²) < 4.78 is 41.9. The van der Waals surface area contributed by atoms with Crippen molar-refractivity contribution >= 4 is 22.8 Å². The van der Waals surface area contributed by atoms with Gasteiger partial charge in [-0.2, -0.15) is 4.99 Å². The van der Waals surface area contributed by atoms with Crippen LogP contribution in [0, 0.1) is 18.3 Å². The van der Waals surface area contributed by atoms with Crippen molar-refractivity contribution in [2.75, 3.05) is 19.6 Å². The number of alkyl halides is 3. The van der Waals surface area contributed by atoms with Gasteiger partial charge in [0.2, 0.25) is 0 Å². The number of nitrogens with one attached hydrogen (secondary N) is 1. The summed E-state index contributed by atoms with van der Waals surface area (Å²) in [5.41, 5.74) is 0.506. The number of terminal acetylenes is 1. The molecule has 1 aromatic rings. The molecule has 0 spiro atoms. The normalized spacial score (nSPS) is 19.9. The molecule has 9 heteroatoms. The van der Waals surface area contributed by atoms with Crippen molar-refractivity contribution in [1.29, 1.82) is 0 Å². The summed E-state index contributed by atoms with van der Waals surface area (Å²) in [6, 6.07) is 6.21. The number of amides is 1. The lowest BCUT2D eigenvalue weighted by molar-refractivity contribution is -0.275. The van der Waals surface area contributed by atoms with Crippen molar-refractivity contribution in [2.24, 2.45) is 10.9 Å². The van der Waals surface area contributed by atoms with E-state index >= 15 is 0 Å². The highest BCUT2D eigenvalue weighted by Crippen LogP contribution is 2.32. The SMILES string of the molecule is C#CCNC1=NC(=O)SC1=CC1CCN(Cc2ccccc2OC(F)(F)F)CC1. The van der Waals surface area contributed by atoms with Gasteiger partial charge < -0.3 is 10.1 Å². The van der Waals surface area contributed by atoms with Crippen LogP contribution in [0.4, 0.5) is 18.0 Å². The highest BCUT2D eigenvalue weighted by atomic mass is 32.2. The maximum atomic E-state index is 12.6. The summed E-state index contributed by atoms with van der Waals surface area (Å²) in [6.07, 6.45) is 4.24. The Kier molecular flexibility index (Phi) is 6.87. The van der Waals surface area contributed by atoms with Crippen LogP contribution in [-0.4, -0.2) is 42.0 Å². The number of para-hydroxylation sites is 1. The fourth-order valence-corrected chi connectivity index (χ4v) is 4.08. The number of carbonyl (C=O) groups excluding carboxylic acids is 1. The van der Waals surface area contributed by atoms with Gasteiger partial charge in [0.15, 0.2) is 0 Å². The number of halogens is 3. The summed E-state index contributed by atoms with van der Waals surface area (Å²) in [7, 11) is 0. The number of thioether (sulfide) groups is 1. The van der Waals surface area contributed by atoms with Crippen molar-refractivity contribution in [3.05, 3.63) is 40.8 Å². The first-order valence-electron chi connectivity index (χ1n) is 9.10. The third kappa shape index (κ3) is 6.27. The third-order valence-electron chi connectivity index (χ3n) is 4.60. The van der Waals surface area contributed by atoms with Crippen molar-refractivity contribution in [3.8, 4) is 18.1 Å². The smallest absolute Gasteiger partial charge is 0.405 e. The lowest BCUT2D eigenvalue weighted by atomic mass is 9.95. The zero-order valence-corrected chi connectivity index (χ0v) is 16.4. The second-order valence-corrected chi connectivity index (χ2v) is 7.68. The number of benzene rings is 1. The third-order valence-corrected chi connectivity index (χ3v) is 5.42. The van der Waals surface area contributed by atoms with E-state index in [1.165, 1.54) is 12.1 Å². The number of rotatable bonds is 5. The topological polar surface area (TPSA) is 53.9 Å². The van der Waals surface area contributed by atoms with Crippen molar-refractivity contribution in [2.45, 2.75) is 25.7 Å². The number of amidine groups is 1. The second-order valence-electron chi connectivity index (χ2n) is 6.69. The number of allylic oxidation sites excluding steroid dienone is 1. The van der Waals surface area contributed by atoms with Gasteiger partial charge in [-0.05, 0) is 49.7 Å². The van der Waals surface area contributed by atoms with E-state index in [-0.39, 0.29) is 16.9 Å². The van der Waals surface area contributed by atoms with Gasteiger partial charge >= 0.3 is 11.6 Å². The second kappa shape index (κ2) is 9.37. The summed E-state index contributed by atoms with van der Waals surface area (Å²) in [6.45, 7) is 2.15. The molecule has 29 heavy (non-hydrogen) atoms. The Morgan fingerprint density at radius 1 is 1.34 bits per heavy atom. The molecule has 1 saturated heterocycles. The average Bonchev–Trinajstić information content (AvgIpc) is 3.01. The molecule has 3 rings (SSSR count). The Bertz CT molecular complexity index is 853. The first-order chi connectivity index (χ1) is 13.8. The van der Waals surface area contributed by atoms with Crippen LogP contribution in [-0.2, 0) is 6.54 Å². The van der Waals surface area contributed by atoms with Gasteiger partial charge in [-0.15, -0.1) is 19.6 Å². The molecule has 0 radical (unpaired) electrons. The fraction of sp³-hybridized carbons (Fsp3) is 0.400. The molecule has 0 atom stereocenters. The molecule has 0 bridgehead atoms. The van der Waals surface area contributed by atoms with E-state index in [1.807, 2.05) is 6.08 Å². The summed E-state index contributed by atoms with van der Waals surface area (Å²) >= 11 is 1.08. The largest absolute Gasteiger partial charge is 0.573 e. The highest BCUT2D eigenvalue weighted by Gasteiger charge is 2.32. The maximum absolute atomic E-state index is 12.6. The molecule has 0 saturated carbocycles. The highest BCUT2D eigenvalue weighted by molar-refractivity contribution is 8.18. The zero-order valence-electron chi connectivity index (χ0n) is 15.5. The lowest BCUT2D eigenvalue weighted by Gasteiger charge is -2.31. The number of nitrogens with zero attached hydrogens (tertiary/aromatic N) is 2. The van der Waals surface area contributed by atoms with Gasteiger partial charge in [0.05, 0.1) is 11.4 Å². The number of carbonyl (C=O) groups is 1. The van der Waals surface area contributed by atoms with Crippen molar-refractivity contribution < 1.29 is 22.7 Å². The van der Waals surface area contributed by atoms with Gasteiger partial charge in [0.1, 0.15) is 11.6 Å². The molecule has 2 aliphatic rings. The summed E-state index contributed by atoms with van der Waals surface area (Å²) in [4.78, 5) is 18.4. The number of aliphatic imine (C=N–C) groups is 1. The van der Waals surface area contributed by atoms with Gasteiger partial charge in [0, 0.05) is 12.1 Å². The Morgan fingerprint density at radius 2 is 2.07 bits per heavy atom. The zero-order chi connectivity index (χ0) is 20.9. The summed E-state index contributed by atoms with van der Waals surface area (Å²) in [5, 5.41) is 2.69. The minimum atomic E-state index is -4.71. The Morgan fingerprint density at radius 3 is 2.76 bits per heavy atom. The molecule has 2 heterocycles. The molecular formula is C20H20F3N3O2S. The van der Waals surface area contributed by atoms with Crippen molar-refractivity contribution in [1.82, 2.24) is 10.2 Å². The van der Waals surface area contributed by atoms with Gasteiger partial charge in [-0.3, -0.25) is 9.69 Å². The average molecular weight is 423 g/mol. The molecule has 1 fully saturated rings. The standard InChI is InChI=1S/C20H20F3N3O2S/c1-2-9-24-18-17(29-19(27)25-18)12-14-7-10-26(11-8-14)13-15-5-3-4-6-16(15)28-20(21,22)23/h1,3-6,12,14H,7-11,13H2,(H,24,25,27). The first kappa shape index (κ1) is 21.3. The molecule has 1 N–H and O–H groups in total. The number of ether oxygens (including phenoxy) is 1. The first-order valence-corrected chi connectivity index (χ1v) is 9.92. The van der Waals surface area contributed by atoms with E-state index in [4.69, 9.17) is 6.42 Å². The Hall–Kier alpha value is -2.44. The number of likely N-dealkylation sites (tertiary alicyclic amines) is 1. The van der Waals surface area contributed by atoms with Crippen LogP contribution in [0.25, 0.3) is 0 Å². The molecule has 1 amide bonds. The molecule has 1 aromatic carbocycles. The fourth-order valence-electron chi connectivity index (χ4n) is 3.28. The molecule has 154 valence electrons. The van der Waals surface area contributed by atoms with E-state index in [1.54, 1.807) is 12.1 Å². The van der Waals surface area contributed by atoms with Crippen LogP contribution in [0.2, 0.25) is 0 Å². The van der Waals surface area contributed by atoms with Crippen LogP contribution < -0.4 is 10.1 Å². The quantitative estimate of drug-likeness (QED) is 0.721. The number of hydrogen-bond acceptors (Lipinski definition) is 5. The molecule has 2 aliphatic heterocycles. The maximum Gasteiger partial charge on any atom is 0.573 e. The van der Waals surface area contributed by atoms with Crippen LogP contribution in [0.5, 0.6) is 5.75 Å². The molecule has 5 nitrogen and oxygen atoms in total. The van der Waals surface area contributed by atoms with Crippen molar-refractivity contribution in [3.63, 3.8) is 0 Å².